The summed E-state index contributed by atoms with van der Waals surface area (Å²) in [5, 5.41) is 3.05. The van der Waals surface area contributed by atoms with Crippen molar-refractivity contribution in [2.24, 2.45) is 11.8 Å². The number of benzene rings is 2. The summed E-state index contributed by atoms with van der Waals surface area (Å²) in [5.41, 5.74) is 3.36. The Bertz CT molecular complexity index is 1350. The Kier molecular flexibility index (Phi) is 11.3. The predicted molar refractivity (Wildman–Crippen MR) is 166 cm³/mol. The van der Waals surface area contributed by atoms with E-state index in [0.29, 0.717) is 66.1 Å². The Labute approximate surface area is 257 Å². The van der Waals surface area contributed by atoms with E-state index in [9.17, 15) is 17.6 Å². The molecule has 1 saturated carbocycles. The van der Waals surface area contributed by atoms with E-state index < -0.39 is 10.0 Å². The molecule has 10 heteroatoms. The molecule has 2 fully saturated rings. The van der Waals surface area contributed by atoms with Crippen LogP contribution in [0.3, 0.4) is 0 Å². The second kappa shape index (κ2) is 14.5. The molecule has 238 valence electrons. The Balaban J connectivity index is 1.19. The number of rotatable bonds is 11. The van der Waals surface area contributed by atoms with Crippen molar-refractivity contribution in [2.45, 2.75) is 76.3 Å². The van der Waals surface area contributed by atoms with Crippen molar-refractivity contribution >= 4 is 15.9 Å². The lowest BCUT2D eigenvalue weighted by molar-refractivity contribution is -0.128. The fourth-order valence-electron chi connectivity index (χ4n) is 6.86. The van der Waals surface area contributed by atoms with Crippen LogP contribution in [0.4, 0.5) is 4.39 Å². The molecule has 1 heterocycles. The summed E-state index contributed by atoms with van der Waals surface area (Å²) in [7, 11) is 2.09. The van der Waals surface area contributed by atoms with E-state index in [1.165, 1.54) is 16.4 Å². The number of sulfonamides is 1. The summed E-state index contributed by atoms with van der Waals surface area (Å²) in [6.07, 6.45) is 5.15. The Hall–Kier alpha value is -2.53. The first-order valence-corrected chi connectivity index (χ1v) is 16.8. The number of piperidine rings is 1. The molecule has 8 nitrogen and oxygen atoms in total. The molecule has 1 saturated heterocycles. The molecule has 1 aliphatic heterocycles. The van der Waals surface area contributed by atoms with E-state index in [1.807, 2.05) is 26.0 Å². The minimum atomic E-state index is -3.65. The summed E-state index contributed by atoms with van der Waals surface area (Å²) >= 11 is 0. The van der Waals surface area contributed by atoms with Gasteiger partial charge in [-0.2, -0.15) is 4.31 Å². The van der Waals surface area contributed by atoms with E-state index in [2.05, 4.69) is 24.3 Å². The predicted octanol–water partition coefficient (Wildman–Crippen LogP) is 5.15. The first-order valence-electron chi connectivity index (χ1n) is 15.4. The number of carbonyl (C=O) groups is 1. The van der Waals surface area contributed by atoms with Gasteiger partial charge in [-0.25, -0.2) is 12.8 Å². The molecule has 1 aliphatic carbocycles. The van der Waals surface area contributed by atoms with E-state index >= 15 is 0 Å². The monoisotopic (exact) mass is 617 g/mol. The van der Waals surface area contributed by atoms with Crippen LogP contribution in [0.5, 0.6) is 5.75 Å². The van der Waals surface area contributed by atoms with Gasteiger partial charge in [0.05, 0.1) is 18.1 Å². The molecular formula is C33H48FN3O5S. The maximum Gasteiger partial charge on any atom is 0.246 e. The van der Waals surface area contributed by atoms with Crippen molar-refractivity contribution in [1.29, 1.82) is 0 Å². The van der Waals surface area contributed by atoms with Gasteiger partial charge >= 0.3 is 0 Å². The van der Waals surface area contributed by atoms with Gasteiger partial charge in [-0.1, -0.05) is 12.1 Å². The van der Waals surface area contributed by atoms with Gasteiger partial charge in [0.2, 0.25) is 15.9 Å². The third-order valence-corrected chi connectivity index (χ3v) is 11.5. The van der Waals surface area contributed by atoms with Crippen molar-refractivity contribution in [1.82, 2.24) is 14.5 Å². The molecule has 2 aromatic carbocycles. The maximum atomic E-state index is 13.5. The molecule has 0 aromatic heterocycles. The van der Waals surface area contributed by atoms with Crippen LogP contribution in [0.15, 0.2) is 35.2 Å². The number of aryl methyl sites for hydroxylation is 1. The number of hydrogen-bond donors (Lipinski definition) is 1. The molecule has 1 N–H and O–H groups in total. The minimum absolute atomic E-state index is 0.0179. The normalized spacial score (nSPS) is 21.1. The van der Waals surface area contributed by atoms with Crippen LogP contribution in [0, 0.1) is 38.4 Å². The van der Waals surface area contributed by atoms with Gasteiger partial charge in [0.25, 0.3) is 0 Å². The first-order chi connectivity index (χ1) is 20.4. The Morgan fingerprint density at radius 2 is 1.65 bits per heavy atom. The summed E-state index contributed by atoms with van der Waals surface area (Å²) < 4.78 is 53.3. The van der Waals surface area contributed by atoms with Crippen LogP contribution in [-0.2, 0) is 19.6 Å². The van der Waals surface area contributed by atoms with Crippen LogP contribution in [0.25, 0.3) is 0 Å². The van der Waals surface area contributed by atoms with Gasteiger partial charge in [-0.05, 0) is 126 Å². The second-order valence-electron chi connectivity index (χ2n) is 12.4. The number of nitrogens with zero attached hydrogens (tertiary/aromatic N) is 2. The van der Waals surface area contributed by atoms with Gasteiger partial charge < -0.3 is 19.7 Å². The van der Waals surface area contributed by atoms with Gasteiger partial charge in [0.15, 0.2) is 0 Å². The number of ether oxygens (including phenoxy) is 2. The van der Waals surface area contributed by atoms with Gasteiger partial charge in [-0.15, -0.1) is 0 Å². The fourth-order valence-corrected chi connectivity index (χ4v) is 8.82. The van der Waals surface area contributed by atoms with Crippen molar-refractivity contribution in [3.63, 3.8) is 0 Å². The quantitative estimate of drug-likeness (QED) is 0.375. The number of halogens is 1. The molecule has 0 spiro atoms. The van der Waals surface area contributed by atoms with Crippen molar-refractivity contribution in [3.05, 3.63) is 58.4 Å². The Morgan fingerprint density at radius 1 is 1.02 bits per heavy atom. The average molecular weight is 618 g/mol. The molecule has 4 rings (SSSR count). The number of carbonyl (C=O) groups excluding carboxylic acids is 1. The van der Waals surface area contributed by atoms with E-state index in [0.717, 1.165) is 36.8 Å². The van der Waals surface area contributed by atoms with Crippen LogP contribution in [0.1, 0.15) is 66.8 Å². The lowest BCUT2D eigenvalue weighted by Crippen LogP contribution is -2.42. The SMILES string of the molecule is COc1cc(C)c(S(=O)(=O)N2CCC(OCC(=O)NCC3CCC(C(c4ccc(F)cc4)N(C)C)CC3)CC2)c(C)c1C. The second-order valence-corrected chi connectivity index (χ2v) is 14.3. The largest absolute Gasteiger partial charge is 0.496 e. The zero-order valence-electron chi connectivity index (χ0n) is 26.5. The maximum absolute atomic E-state index is 13.5. The molecule has 1 atom stereocenters. The lowest BCUT2D eigenvalue weighted by Gasteiger charge is -2.37. The molecule has 1 unspecified atom stereocenters. The van der Waals surface area contributed by atoms with Crippen molar-refractivity contribution in [3.8, 4) is 5.75 Å². The number of nitrogens with one attached hydrogen (secondary N) is 1. The van der Waals surface area contributed by atoms with Gasteiger partial charge in [0, 0.05) is 25.7 Å². The zero-order chi connectivity index (χ0) is 31.3. The van der Waals surface area contributed by atoms with Crippen LogP contribution in [0.2, 0.25) is 0 Å². The fraction of sp³-hybridized carbons (Fsp3) is 0.606. The summed E-state index contributed by atoms with van der Waals surface area (Å²) in [6.45, 7) is 6.83. The van der Waals surface area contributed by atoms with Gasteiger partial charge in [-0.3, -0.25) is 4.79 Å². The third-order valence-electron chi connectivity index (χ3n) is 9.34. The molecule has 43 heavy (non-hydrogen) atoms. The van der Waals surface area contributed by atoms with Crippen LogP contribution < -0.4 is 10.1 Å². The van der Waals surface area contributed by atoms with Crippen molar-refractivity contribution < 1.29 is 27.1 Å². The molecular weight excluding hydrogens is 569 g/mol. The number of methoxy groups -OCH3 is 1. The van der Waals surface area contributed by atoms with Gasteiger partial charge in [0.1, 0.15) is 18.2 Å². The van der Waals surface area contributed by atoms with Crippen molar-refractivity contribution in [2.75, 3.05) is 47.4 Å². The smallest absolute Gasteiger partial charge is 0.246 e. The van der Waals surface area contributed by atoms with Crippen LogP contribution >= 0.6 is 0 Å². The average Bonchev–Trinajstić information content (AvgIpc) is 2.98. The standard InChI is InChI=1S/C33H48FN3O5S/c1-22-19-30(41-6)23(2)24(3)33(22)43(39,40)37-17-15-29(16-18-37)42-21-31(38)35-20-25-7-9-26(10-8-25)32(36(4)5)27-11-13-28(34)14-12-27/h11-14,19,25-26,29,32H,7-10,15-18,20-21H2,1-6H3,(H,35,38). The molecule has 2 aromatic rings. The lowest BCUT2D eigenvalue weighted by atomic mass is 9.76. The highest BCUT2D eigenvalue weighted by atomic mass is 32.2. The number of hydrogen-bond acceptors (Lipinski definition) is 6. The summed E-state index contributed by atoms with van der Waals surface area (Å²) in [6, 6.07) is 8.87. The van der Waals surface area contributed by atoms with E-state index in [1.54, 1.807) is 20.1 Å². The highest BCUT2D eigenvalue weighted by molar-refractivity contribution is 7.89. The molecule has 2 aliphatic rings. The van der Waals surface area contributed by atoms with E-state index in [4.69, 9.17) is 9.47 Å². The molecule has 0 bridgehead atoms. The zero-order valence-corrected chi connectivity index (χ0v) is 27.3. The van der Waals surface area contributed by atoms with E-state index in [-0.39, 0.29) is 30.5 Å². The first kappa shape index (κ1) is 33.4. The minimum Gasteiger partial charge on any atom is -0.496 e. The number of amides is 1. The Morgan fingerprint density at radius 3 is 2.23 bits per heavy atom. The molecule has 1 amide bonds. The highest BCUT2D eigenvalue weighted by Crippen LogP contribution is 2.39. The molecule has 0 radical (unpaired) electrons. The van der Waals surface area contributed by atoms with Crippen LogP contribution in [-0.4, -0.2) is 77.1 Å². The third kappa shape index (κ3) is 7.95. The summed E-state index contributed by atoms with van der Waals surface area (Å²) in [5.74, 6) is 1.26. The topological polar surface area (TPSA) is 88.2 Å². The summed E-state index contributed by atoms with van der Waals surface area (Å²) in [4.78, 5) is 15.2. The highest BCUT2D eigenvalue weighted by Gasteiger charge is 2.33.